The van der Waals surface area contributed by atoms with Crippen molar-refractivity contribution in [2.75, 3.05) is 6.61 Å². The fourth-order valence-corrected chi connectivity index (χ4v) is 5.53. The number of hydrogen-bond acceptors (Lipinski definition) is 8. The van der Waals surface area contributed by atoms with Gasteiger partial charge in [-0.05, 0) is 68.1 Å². The van der Waals surface area contributed by atoms with E-state index < -0.39 is 16.8 Å². The second-order valence-corrected chi connectivity index (χ2v) is 9.99. The summed E-state index contributed by atoms with van der Waals surface area (Å²) in [7, 11) is 0. The maximum absolute atomic E-state index is 12.4. The molecule has 3 rings (SSSR count). The van der Waals surface area contributed by atoms with Crippen LogP contribution >= 0.6 is 43.6 Å². The number of aliphatic hydroxyl groups excluding tert-OH is 1. The Labute approximate surface area is 227 Å². The van der Waals surface area contributed by atoms with Crippen LogP contribution in [0, 0.1) is 10.1 Å². The molecule has 0 saturated carbocycles. The van der Waals surface area contributed by atoms with E-state index in [2.05, 4.69) is 36.9 Å². The number of benzene rings is 2. The molecule has 0 atom stereocenters. The molecule has 0 aromatic heterocycles. The van der Waals surface area contributed by atoms with Gasteiger partial charge in [0.2, 0.25) is 5.91 Å². The highest BCUT2D eigenvalue weighted by Gasteiger charge is 2.33. The lowest BCUT2D eigenvalue weighted by atomic mass is 10.1. The molecule has 0 saturated heterocycles. The summed E-state index contributed by atoms with van der Waals surface area (Å²) in [4.78, 5) is 39.1. The third-order valence-electron chi connectivity index (χ3n) is 4.72. The van der Waals surface area contributed by atoms with Crippen molar-refractivity contribution in [2.24, 2.45) is 4.99 Å². The van der Waals surface area contributed by atoms with Crippen LogP contribution in [0.5, 0.6) is 5.75 Å². The average molecular weight is 640 g/mol. The van der Waals surface area contributed by atoms with Crippen molar-refractivity contribution in [3.8, 4) is 5.75 Å². The Kier molecular flexibility index (Phi) is 9.46. The van der Waals surface area contributed by atoms with Gasteiger partial charge < -0.3 is 14.6 Å². The van der Waals surface area contributed by atoms with Crippen molar-refractivity contribution >= 4 is 72.3 Å². The predicted molar refractivity (Wildman–Crippen MR) is 144 cm³/mol. The summed E-state index contributed by atoms with van der Waals surface area (Å²) in [5.74, 6) is -1.03. The molecule has 0 fully saturated rings. The Balaban J connectivity index is 1.88. The van der Waals surface area contributed by atoms with Crippen molar-refractivity contribution in [3.63, 3.8) is 0 Å². The van der Waals surface area contributed by atoms with Crippen molar-refractivity contribution in [3.05, 3.63) is 82.8 Å². The molecule has 36 heavy (non-hydrogen) atoms. The molecule has 1 heterocycles. The smallest absolute Gasteiger partial charge is 0.344 e. The third kappa shape index (κ3) is 6.62. The molecule has 0 spiro atoms. The Hall–Kier alpha value is -2.96. The van der Waals surface area contributed by atoms with Crippen LogP contribution in [-0.4, -0.2) is 33.6 Å². The number of nitro benzene ring substituents is 1. The summed E-state index contributed by atoms with van der Waals surface area (Å²) in [6.07, 6.45) is 1.79. The molecule has 1 aliphatic rings. The number of non-ortho nitro benzene ring substituents is 1. The van der Waals surface area contributed by atoms with Gasteiger partial charge in [0.05, 0.1) is 25.4 Å². The fourth-order valence-electron chi connectivity index (χ4n) is 3.05. The number of aliphatic hydroxyl groups is 1. The summed E-state index contributed by atoms with van der Waals surface area (Å²) < 4.78 is 12.1. The van der Waals surface area contributed by atoms with E-state index in [4.69, 9.17) is 9.47 Å². The predicted octanol–water partition coefficient (Wildman–Crippen LogP) is 6.50. The van der Waals surface area contributed by atoms with E-state index in [1.54, 1.807) is 44.2 Å². The molecule has 2 aromatic rings. The van der Waals surface area contributed by atoms with Crippen molar-refractivity contribution in [2.45, 2.75) is 26.9 Å². The Bertz CT molecular complexity index is 1300. The van der Waals surface area contributed by atoms with Gasteiger partial charge in [0.15, 0.2) is 0 Å². The van der Waals surface area contributed by atoms with Gasteiger partial charge in [-0.3, -0.25) is 14.9 Å². The lowest BCUT2D eigenvalue weighted by Gasteiger charge is -2.12. The van der Waals surface area contributed by atoms with Crippen LogP contribution in [0.2, 0.25) is 0 Å². The number of hydrogen-bond donors (Lipinski definition) is 1. The summed E-state index contributed by atoms with van der Waals surface area (Å²) in [6, 6.07) is 9.64. The molecule has 1 N–H and O–H groups in total. The largest absolute Gasteiger partial charge is 0.506 e. The SMILES string of the molecule is CCOC(=O)C1=C(O)/C(=C/c2cc(Br)c(OCc3cccc([N+](=O)[O-])c3)c(Br)c2)SC1=NC(=O)CC. The molecular formula is C24H20Br2N2O7S. The van der Waals surface area contributed by atoms with Crippen LogP contribution in [0.15, 0.2) is 66.6 Å². The summed E-state index contributed by atoms with van der Waals surface area (Å²) in [6.45, 7) is 3.49. The zero-order valence-electron chi connectivity index (χ0n) is 19.1. The van der Waals surface area contributed by atoms with Crippen LogP contribution in [-0.2, 0) is 20.9 Å². The van der Waals surface area contributed by atoms with Crippen LogP contribution in [0.4, 0.5) is 5.69 Å². The Morgan fingerprint density at radius 3 is 2.50 bits per heavy atom. The minimum atomic E-state index is -0.763. The monoisotopic (exact) mass is 638 g/mol. The number of nitro groups is 1. The number of esters is 1. The van der Waals surface area contributed by atoms with Gasteiger partial charge in [-0.2, -0.15) is 0 Å². The first kappa shape index (κ1) is 27.6. The van der Waals surface area contributed by atoms with E-state index in [9.17, 15) is 24.8 Å². The summed E-state index contributed by atoms with van der Waals surface area (Å²) in [5, 5.41) is 21.8. The topological polar surface area (TPSA) is 128 Å². The van der Waals surface area contributed by atoms with E-state index in [-0.39, 0.29) is 41.7 Å². The van der Waals surface area contributed by atoms with E-state index in [0.29, 0.717) is 30.7 Å². The van der Waals surface area contributed by atoms with Gasteiger partial charge in [-0.1, -0.05) is 30.8 Å². The molecule has 1 aliphatic heterocycles. The zero-order chi connectivity index (χ0) is 26.4. The highest BCUT2D eigenvalue weighted by molar-refractivity contribution is 9.11. The number of carbonyl (C=O) groups excluding carboxylic acids is 2. The molecule has 2 aromatic carbocycles. The number of thioether (sulfide) groups is 1. The number of amides is 1. The van der Waals surface area contributed by atoms with Crippen LogP contribution in [0.25, 0.3) is 6.08 Å². The minimum Gasteiger partial charge on any atom is -0.506 e. The average Bonchev–Trinajstić information content (AvgIpc) is 3.12. The normalized spacial score (nSPS) is 15.4. The maximum atomic E-state index is 12.4. The number of carbonyl (C=O) groups is 2. The molecule has 12 heteroatoms. The lowest BCUT2D eigenvalue weighted by molar-refractivity contribution is -0.384. The molecular weight excluding hydrogens is 620 g/mol. The molecule has 0 aliphatic carbocycles. The van der Waals surface area contributed by atoms with Crippen molar-refractivity contribution in [1.82, 2.24) is 0 Å². The number of rotatable bonds is 8. The van der Waals surface area contributed by atoms with Crippen molar-refractivity contribution in [1.29, 1.82) is 0 Å². The summed E-state index contributed by atoms with van der Waals surface area (Å²) >= 11 is 7.93. The minimum absolute atomic E-state index is 0.0242. The number of halogens is 2. The van der Waals surface area contributed by atoms with Crippen LogP contribution in [0.1, 0.15) is 31.4 Å². The highest BCUT2D eigenvalue weighted by atomic mass is 79.9. The van der Waals surface area contributed by atoms with E-state index >= 15 is 0 Å². The van der Waals surface area contributed by atoms with E-state index in [1.807, 2.05) is 0 Å². The molecule has 188 valence electrons. The molecule has 0 radical (unpaired) electrons. The number of aliphatic imine (C=N–C) groups is 1. The number of nitrogens with zero attached hydrogens (tertiary/aromatic N) is 2. The zero-order valence-corrected chi connectivity index (χ0v) is 23.1. The summed E-state index contributed by atoms with van der Waals surface area (Å²) in [5.41, 5.74) is 1.11. The second-order valence-electron chi connectivity index (χ2n) is 7.25. The van der Waals surface area contributed by atoms with Gasteiger partial charge in [-0.25, -0.2) is 9.79 Å². The standard InChI is InChI=1S/C24H20Br2N2O7S/c1-3-19(29)27-23-20(24(31)34-4-2)21(30)18(36-23)11-14-9-16(25)22(17(26)10-14)35-12-13-6-5-7-15(8-13)28(32)33/h5-11,30H,3-4,12H2,1-2H3/b18-11-,27-23?. The first-order valence-corrected chi connectivity index (χ1v) is 13.0. The van der Waals surface area contributed by atoms with E-state index in [1.165, 1.54) is 12.1 Å². The van der Waals surface area contributed by atoms with Crippen LogP contribution in [0.3, 0.4) is 0 Å². The fraction of sp³-hybridized carbons (Fsp3) is 0.208. The molecule has 1 amide bonds. The first-order chi connectivity index (χ1) is 17.1. The van der Waals surface area contributed by atoms with Gasteiger partial charge in [-0.15, -0.1) is 0 Å². The number of ether oxygens (including phenoxy) is 2. The van der Waals surface area contributed by atoms with Gasteiger partial charge >= 0.3 is 5.97 Å². The van der Waals surface area contributed by atoms with Crippen molar-refractivity contribution < 1.29 is 29.1 Å². The second kappa shape index (κ2) is 12.3. The Morgan fingerprint density at radius 1 is 1.19 bits per heavy atom. The maximum Gasteiger partial charge on any atom is 0.344 e. The van der Waals surface area contributed by atoms with Gasteiger partial charge in [0, 0.05) is 18.6 Å². The first-order valence-electron chi connectivity index (χ1n) is 10.6. The Morgan fingerprint density at radius 2 is 1.89 bits per heavy atom. The lowest BCUT2D eigenvalue weighted by Crippen LogP contribution is -2.14. The molecule has 0 unspecified atom stereocenters. The highest BCUT2D eigenvalue weighted by Crippen LogP contribution is 2.41. The van der Waals surface area contributed by atoms with E-state index in [0.717, 1.165) is 11.8 Å². The molecule has 9 nitrogen and oxygen atoms in total. The van der Waals surface area contributed by atoms with Gasteiger partial charge in [0.25, 0.3) is 5.69 Å². The quantitative estimate of drug-likeness (QED) is 0.197. The third-order valence-corrected chi connectivity index (χ3v) is 6.92. The molecule has 0 bridgehead atoms. The van der Waals surface area contributed by atoms with Gasteiger partial charge in [0.1, 0.15) is 28.7 Å². The van der Waals surface area contributed by atoms with Crippen LogP contribution < -0.4 is 4.74 Å².